The van der Waals surface area contributed by atoms with E-state index in [1.54, 1.807) is 7.11 Å². The molecule has 0 radical (unpaired) electrons. The molecule has 0 aliphatic heterocycles. The van der Waals surface area contributed by atoms with E-state index in [0.717, 1.165) is 45.8 Å². The molecule has 1 N–H and O–H groups in total. The normalized spacial score (nSPS) is 13.9. The maximum atomic E-state index is 5.58. The molecule has 0 spiro atoms. The van der Waals surface area contributed by atoms with Gasteiger partial charge in [-0.25, -0.2) is 0 Å². The van der Waals surface area contributed by atoms with Gasteiger partial charge < -0.3 is 14.8 Å². The first kappa shape index (κ1) is 16.9. The Hall–Kier alpha value is -0.120. The molecule has 0 amide bonds. The van der Waals surface area contributed by atoms with E-state index in [4.69, 9.17) is 9.47 Å². The maximum absolute atomic E-state index is 5.58. The minimum absolute atomic E-state index is 0.329. The van der Waals surface area contributed by atoms with Gasteiger partial charge in [0, 0.05) is 26.9 Å². The molecular formula is C14H31NO2. The Morgan fingerprint density at radius 1 is 1.12 bits per heavy atom. The van der Waals surface area contributed by atoms with Crippen LogP contribution in [0.5, 0.6) is 0 Å². The molecule has 104 valence electrons. The average molecular weight is 245 g/mol. The maximum Gasteiger partial charge on any atom is 0.0587 e. The molecule has 0 aliphatic carbocycles. The van der Waals surface area contributed by atoms with Gasteiger partial charge in [0.15, 0.2) is 0 Å². The van der Waals surface area contributed by atoms with E-state index < -0.39 is 0 Å². The van der Waals surface area contributed by atoms with E-state index in [0.29, 0.717) is 11.3 Å². The molecule has 0 rings (SSSR count). The molecule has 0 aromatic rings. The predicted molar refractivity (Wildman–Crippen MR) is 73.4 cm³/mol. The Morgan fingerprint density at radius 3 is 2.35 bits per heavy atom. The van der Waals surface area contributed by atoms with Gasteiger partial charge in [0.2, 0.25) is 0 Å². The molecule has 1 atom stereocenters. The zero-order valence-electron chi connectivity index (χ0n) is 12.3. The van der Waals surface area contributed by atoms with Gasteiger partial charge in [0.1, 0.15) is 0 Å². The van der Waals surface area contributed by atoms with Gasteiger partial charge >= 0.3 is 0 Å². The topological polar surface area (TPSA) is 30.5 Å². The number of methoxy groups -OCH3 is 1. The second-order valence-corrected chi connectivity index (χ2v) is 5.66. The lowest BCUT2D eigenvalue weighted by atomic mass is 9.79. The van der Waals surface area contributed by atoms with Crippen molar-refractivity contribution in [3.63, 3.8) is 0 Å². The zero-order chi connectivity index (χ0) is 13.1. The fourth-order valence-corrected chi connectivity index (χ4v) is 1.76. The third-order valence-electron chi connectivity index (χ3n) is 3.06. The van der Waals surface area contributed by atoms with Gasteiger partial charge in [0.05, 0.1) is 6.61 Å². The molecule has 0 heterocycles. The monoisotopic (exact) mass is 245 g/mol. The van der Waals surface area contributed by atoms with Crippen LogP contribution in [0.15, 0.2) is 0 Å². The quantitative estimate of drug-likeness (QED) is 0.600. The molecule has 0 saturated carbocycles. The summed E-state index contributed by atoms with van der Waals surface area (Å²) in [4.78, 5) is 0. The summed E-state index contributed by atoms with van der Waals surface area (Å²) in [6.45, 7) is 13.6. The first-order valence-corrected chi connectivity index (χ1v) is 6.79. The van der Waals surface area contributed by atoms with Crippen LogP contribution in [-0.4, -0.2) is 40.0 Å². The van der Waals surface area contributed by atoms with Crippen molar-refractivity contribution in [2.45, 2.75) is 40.5 Å². The number of ether oxygens (including phenoxy) is 2. The second-order valence-electron chi connectivity index (χ2n) is 5.66. The molecular weight excluding hydrogens is 214 g/mol. The van der Waals surface area contributed by atoms with Gasteiger partial charge in [-0.1, -0.05) is 27.7 Å². The highest BCUT2D eigenvalue weighted by Crippen LogP contribution is 2.28. The first-order chi connectivity index (χ1) is 8.02. The van der Waals surface area contributed by atoms with Crippen LogP contribution in [0.4, 0.5) is 0 Å². The van der Waals surface area contributed by atoms with Crippen LogP contribution in [0.1, 0.15) is 40.5 Å². The van der Waals surface area contributed by atoms with E-state index in [2.05, 4.69) is 33.0 Å². The fraction of sp³-hybridized carbons (Fsp3) is 1.00. The lowest BCUT2D eigenvalue weighted by molar-refractivity contribution is 0.0958. The summed E-state index contributed by atoms with van der Waals surface area (Å²) in [5.74, 6) is 0.649. The van der Waals surface area contributed by atoms with Gasteiger partial charge in [-0.15, -0.1) is 0 Å². The molecule has 0 fully saturated rings. The van der Waals surface area contributed by atoms with Gasteiger partial charge in [-0.2, -0.15) is 0 Å². The minimum Gasteiger partial charge on any atom is -0.383 e. The smallest absolute Gasteiger partial charge is 0.0587 e. The Labute approximate surface area is 107 Å². The van der Waals surface area contributed by atoms with Crippen molar-refractivity contribution in [1.29, 1.82) is 0 Å². The van der Waals surface area contributed by atoms with Crippen molar-refractivity contribution in [1.82, 2.24) is 5.32 Å². The van der Waals surface area contributed by atoms with Crippen LogP contribution >= 0.6 is 0 Å². The number of hydrogen-bond donors (Lipinski definition) is 1. The molecule has 3 heteroatoms. The van der Waals surface area contributed by atoms with Gasteiger partial charge in [0.25, 0.3) is 0 Å². The molecule has 0 aliphatic rings. The van der Waals surface area contributed by atoms with Crippen molar-refractivity contribution >= 4 is 0 Å². The second kappa shape index (κ2) is 9.86. The van der Waals surface area contributed by atoms with Gasteiger partial charge in [-0.3, -0.25) is 0 Å². The van der Waals surface area contributed by atoms with Gasteiger partial charge in [-0.05, 0) is 30.7 Å². The lowest BCUT2D eigenvalue weighted by Gasteiger charge is -2.31. The Balaban J connectivity index is 3.81. The molecule has 0 saturated heterocycles. The highest BCUT2D eigenvalue weighted by atomic mass is 16.5. The van der Waals surface area contributed by atoms with Crippen LogP contribution in [0.3, 0.4) is 0 Å². The summed E-state index contributed by atoms with van der Waals surface area (Å²) in [6, 6.07) is 0. The largest absolute Gasteiger partial charge is 0.383 e. The van der Waals surface area contributed by atoms with Crippen LogP contribution in [0.25, 0.3) is 0 Å². The van der Waals surface area contributed by atoms with Crippen LogP contribution in [-0.2, 0) is 9.47 Å². The zero-order valence-corrected chi connectivity index (χ0v) is 12.3. The Morgan fingerprint density at radius 2 is 1.82 bits per heavy atom. The van der Waals surface area contributed by atoms with E-state index in [1.165, 1.54) is 0 Å². The Bertz CT molecular complexity index is 154. The molecule has 17 heavy (non-hydrogen) atoms. The number of rotatable bonds is 10. The highest BCUT2D eigenvalue weighted by molar-refractivity contribution is 4.76. The molecule has 1 unspecified atom stereocenters. The van der Waals surface area contributed by atoms with E-state index in [9.17, 15) is 0 Å². The average Bonchev–Trinajstić information content (AvgIpc) is 2.25. The van der Waals surface area contributed by atoms with E-state index in [1.807, 2.05) is 0 Å². The minimum atomic E-state index is 0.329. The molecule has 3 nitrogen and oxygen atoms in total. The predicted octanol–water partition coefficient (Wildman–Crippen LogP) is 2.70. The van der Waals surface area contributed by atoms with Crippen LogP contribution in [0, 0.1) is 11.3 Å². The van der Waals surface area contributed by atoms with Crippen molar-refractivity contribution in [3.05, 3.63) is 0 Å². The SMILES string of the molecule is CCCOCCC(CNCCOC)C(C)(C)C. The van der Waals surface area contributed by atoms with E-state index >= 15 is 0 Å². The summed E-state index contributed by atoms with van der Waals surface area (Å²) >= 11 is 0. The summed E-state index contributed by atoms with van der Waals surface area (Å²) in [6.07, 6.45) is 2.23. The van der Waals surface area contributed by atoms with E-state index in [-0.39, 0.29) is 0 Å². The third-order valence-corrected chi connectivity index (χ3v) is 3.06. The Kier molecular flexibility index (Phi) is 9.79. The summed E-state index contributed by atoms with van der Waals surface area (Å²) in [5.41, 5.74) is 0.329. The standard InChI is InChI=1S/C14H31NO2/c1-6-9-17-10-7-13(14(2,3)4)12-15-8-11-16-5/h13,15H,6-12H2,1-5H3. The third kappa shape index (κ3) is 9.57. The van der Waals surface area contributed by atoms with Crippen LogP contribution in [0.2, 0.25) is 0 Å². The fourth-order valence-electron chi connectivity index (χ4n) is 1.76. The van der Waals surface area contributed by atoms with Crippen molar-refractivity contribution in [3.8, 4) is 0 Å². The number of nitrogens with one attached hydrogen (secondary N) is 1. The van der Waals surface area contributed by atoms with Crippen molar-refractivity contribution < 1.29 is 9.47 Å². The van der Waals surface area contributed by atoms with Crippen LogP contribution < -0.4 is 5.32 Å². The molecule has 0 bridgehead atoms. The highest BCUT2D eigenvalue weighted by Gasteiger charge is 2.23. The summed E-state index contributed by atoms with van der Waals surface area (Å²) in [5, 5.41) is 3.45. The summed E-state index contributed by atoms with van der Waals surface area (Å²) in [7, 11) is 1.74. The molecule has 0 aromatic heterocycles. The summed E-state index contributed by atoms with van der Waals surface area (Å²) < 4.78 is 10.6. The number of hydrogen-bond acceptors (Lipinski definition) is 3. The first-order valence-electron chi connectivity index (χ1n) is 6.79. The lowest BCUT2D eigenvalue weighted by Crippen LogP contribution is -2.34. The molecule has 0 aromatic carbocycles. The van der Waals surface area contributed by atoms with Crippen molar-refractivity contribution in [2.24, 2.45) is 11.3 Å². The van der Waals surface area contributed by atoms with Crippen molar-refractivity contribution in [2.75, 3.05) is 40.0 Å².